The molecule has 0 atom stereocenters. The largest absolute Gasteiger partial charge is 0.357 e. The second-order valence-corrected chi connectivity index (χ2v) is 5.08. The van der Waals surface area contributed by atoms with E-state index in [2.05, 4.69) is 27.1 Å². The number of carbonyl (C=O) groups excluding carboxylic acids is 1. The summed E-state index contributed by atoms with van der Waals surface area (Å²) in [7, 11) is 2.01. The number of rotatable bonds is 11. The lowest BCUT2D eigenvalue weighted by molar-refractivity contribution is -0.119. The summed E-state index contributed by atoms with van der Waals surface area (Å²) in [4.78, 5) is 18.1. The van der Waals surface area contributed by atoms with Crippen LogP contribution in [0.1, 0.15) is 46.0 Å². The van der Waals surface area contributed by atoms with Gasteiger partial charge in [0.05, 0.1) is 0 Å². The zero-order valence-electron chi connectivity index (χ0n) is 14.0. The Morgan fingerprint density at radius 2 is 2.00 bits per heavy atom. The molecule has 0 aromatic rings. The molecule has 0 spiro atoms. The summed E-state index contributed by atoms with van der Waals surface area (Å²) >= 11 is 0. The molecule has 0 aliphatic heterocycles. The smallest absolute Gasteiger partial charge is 0.241 e. The van der Waals surface area contributed by atoms with Gasteiger partial charge in [-0.05, 0) is 32.6 Å². The van der Waals surface area contributed by atoms with Gasteiger partial charge >= 0.3 is 0 Å². The van der Waals surface area contributed by atoms with Crippen LogP contribution in [0.25, 0.3) is 0 Å². The quantitative estimate of drug-likeness (QED) is 0.266. The van der Waals surface area contributed by atoms with Crippen LogP contribution >= 0.6 is 0 Å². The summed E-state index contributed by atoms with van der Waals surface area (Å²) in [6, 6.07) is 0. The minimum absolute atomic E-state index is 0.0216. The lowest BCUT2D eigenvalue weighted by Gasteiger charge is -2.21. The first-order chi connectivity index (χ1) is 10.2. The molecule has 5 heteroatoms. The molecule has 122 valence electrons. The number of unbranched alkanes of at least 4 members (excludes halogenated alkanes) is 3. The predicted octanol–water partition coefficient (Wildman–Crippen LogP) is 2.16. The standard InChI is InChI=1S/C16H32N4O/c1-5-8-9-10-11-13-20(4)16(17-7-3)19-14-15(21)18-12-6-2/h5H,1,6-14H2,2-4H3,(H,17,19)(H,18,21). The van der Waals surface area contributed by atoms with E-state index in [4.69, 9.17) is 0 Å². The lowest BCUT2D eigenvalue weighted by Crippen LogP contribution is -2.40. The van der Waals surface area contributed by atoms with Crippen molar-refractivity contribution >= 4 is 11.9 Å². The van der Waals surface area contributed by atoms with E-state index in [1.807, 2.05) is 27.0 Å². The molecular formula is C16H32N4O. The molecule has 0 heterocycles. The van der Waals surface area contributed by atoms with Gasteiger partial charge in [0.2, 0.25) is 5.91 Å². The van der Waals surface area contributed by atoms with E-state index >= 15 is 0 Å². The van der Waals surface area contributed by atoms with E-state index < -0.39 is 0 Å². The van der Waals surface area contributed by atoms with Gasteiger partial charge in [0.1, 0.15) is 6.54 Å². The summed E-state index contributed by atoms with van der Waals surface area (Å²) < 4.78 is 0. The fourth-order valence-electron chi connectivity index (χ4n) is 1.86. The third-order valence-corrected chi connectivity index (χ3v) is 3.04. The third-order valence-electron chi connectivity index (χ3n) is 3.04. The number of hydrogen-bond acceptors (Lipinski definition) is 2. The van der Waals surface area contributed by atoms with Gasteiger partial charge in [-0.25, -0.2) is 4.99 Å². The first-order valence-electron chi connectivity index (χ1n) is 8.02. The summed E-state index contributed by atoms with van der Waals surface area (Å²) in [5.74, 6) is 0.777. The van der Waals surface area contributed by atoms with Crippen molar-refractivity contribution in [2.75, 3.05) is 33.2 Å². The van der Waals surface area contributed by atoms with Gasteiger partial charge in [0.25, 0.3) is 0 Å². The minimum Gasteiger partial charge on any atom is -0.357 e. The van der Waals surface area contributed by atoms with Gasteiger partial charge in [-0.2, -0.15) is 0 Å². The maximum absolute atomic E-state index is 11.6. The Morgan fingerprint density at radius 3 is 2.62 bits per heavy atom. The van der Waals surface area contributed by atoms with Crippen molar-refractivity contribution in [1.82, 2.24) is 15.5 Å². The van der Waals surface area contributed by atoms with Gasteiger partial charge in [-0.1, -0.05) is 19.4 Å². The Balaban J connectivity index is 4.17. The highest BCUT2D eigenvalue weighted by Gasteiger charge is 2.06. The molecule has 0 aromatic heterocycles. The van der Waals surface area contributed by atoms with Crippen molar-refractivity contribution in [3.8, 4) is 0 Å². The topological polar surface area (TPSA) is 56.7 Å². The number of aliphatic imine (C=N–C) groups is 1. The van der Waals surface area contributed by atoms with Crippen LogP contribution in [0.2, 0.25) is 0 Å². The third kappa shape index (κ3) is 10.9. The van der Waals surface area contributed by atoms with Gasteiger partial charge in [-0.15, -0.1) is 6.58 Å². The molecule has 0 saturated heterocycles. The second kappa shape index (κ2) is 13.5. The Morgan fingerprint density at radius 1 is 1.24 bits per heavy atom. The van der Waals surface area contributed by atoms with Crippen LogP contribution in [0.4, 0.5) is 0 Å². The fraction of sp³-hybridized carbons (Fsp3) is 0.750. The summed E-state index contributed by atoms with van der Waals surface area (Å²) in [5.41, 5.74) is 0. The van der Waals surface area contributed by atoms with E-state index in [-0.39, 0.29) is 12.5 Å². The van der Waals surface area contributed by atoms with Gasteiger partial charge in [-0.3, -0.25) is 4.79 Å². The molecule has 0 rings (SSSR count). The maximum Gasteiger partial charge on any atom is 0.241 e. The molecular weight excluding hydrogens is 264 g/mol. The van der Waals surface area contributed by atoms with Gasteiger partial charge < -0.3 is 15.5 Å². The molecule has 0 unspecified atom stereocenters. The van der Waals surface area contributed by atoms with Crippen molar-refractivity contribution in [3.63, 3.8) is 0 Å². The highest BCUT2D eigenvalue weighted by Crippen LogP contribution is 2.01. The Kier molecular flexibility index (Phi) is 12.5. The normalized spacial score (nSPS) is 11.1. The zero-order chi connectivity index (χ0) is 15.9. The first kappa shape index (κ1) is 19.5. The monoisotopic (exact) mass is 296 g/mol. The van der Waals surface area contributed by atoms with Gasteiger partial charge in [0.15, 0.2) is 5.96 Å². The minimum atomic E-state index is -0.0216. The molecule has 5 nitrogen and oxygen atoms in total. The van der Waals surface area contributed by atoms with E-state index in [1.165, 1.54) is 12.8 Å². The molecule has 0 bridgehead atoms. The first-order valence-corrected chi connectivity index (χ1v) is 8.02. The van der Waals surface area contributed by atoms with Crippen molar-refractivity contribution in [2.45, 2.75) is 46.0 Å². The number of amides is 1. The van der Waals surface area contributed by atoms with Crippen LogP contribution in [0.3, 0.4) is 0 Å². The number of allylic oxidation sites excluding steroid dienone is 1. The number of hydrogen-bond donors (Lipinski definition) is 2. The van der Waals surface area contributed by atoms with E-state index in [0.717, 1.165) is 38.3 Å². The highest BCUT2D eigenvalue weighted by atomic mass is 16.1. The highest BCUT2D eigenvalue weighted by molar-refractivity contribution is 5.84. The molecule has 0 aromatic carbocycles. The van der Waals surface area contributed by atoms with Crippen LogP contribution in [0.5, 0.6) is 0 Å². The van der Waals surface area contributed by atoms with Crippen molar-refractivity contribution in [2.24, 2.45) is 4.99 Å². The Hall–Kier alpha value is -1.52. The average Bonchev–Trinajstić information content (AvgIpc) is 2.48. The molecule has 0 fully saturated rings. The summed E-state index contributed by atoms with van der Waals surface area (Å²) in [6.45, 7) is 10.4. The van der Waals surface area contributed by atoms with E-state index in [1.54, 1.807) is 0 Å². The zero-order valence-corrected chi connectivity index (χ0v) is 14.0. The molecule has 0 radical (unpaired) electrons. The van der Waals surface area contributed by atoms with Crippen molar-refractivity contribution in [3.05, 3.63) is 12.7 Å². The molecule has 2 N–H and O–H groups in total. The summed E-state index contributed by atoms with van der Waals surface area (Å²) in [6.07, 6.45) is 7.48. The van der Waals surface area contributed by atoms with Crippen LogP contribution in [-0.4, -0.2) is 50.0 Å². The van der Waals surface area contributed by atoms with Crippen LogP contribution in [0, 0.1) is 0 Å². The van der Waals surface area contributed by atoms with Gasteiger partial charge in [0, 0.05) is 26.7 Å². The molecule has 1 amide bonds. The number of carbonyl (C=O) groups is 1. The Labute approximate surface area is 129 Å². The maximum atomic E-state index is 11.6. The van der Waals surface area contributed by atoms with Crippen LogP contribution < -0.4 is 10.6 Å². The second-order valence-electron chi connectivity index (χ2n) is 5.08. The lowest BCUT2D eigenvalue weighted by atomic mass is 10.2. The molecule has 0 aliphatic carbocycles. The number of nitrogens with zero attached hydrogens (tertiary/aromatic N) is 2. The number of nitrogens with one attached hydrogen (secondary N) is 2. The molecule has 0 saturated carbocycles. The number of guanidine groups is 1. The van der Waals surface area contributed by atoms with E-state index in [9.17, 15) is 4.79 Å². The van der Waals surface area contributed by atoms with E-state index in [0.29, 0.717) is 6.54 Å². The average molecular weight is 296 g/mol. The molecule has 0 aliphatic rings. The van der Waals surface area contributed by atoms with Crippen LogP contribution in [-0.2, 0) is 4.79 Å². The predicted molar refractivity (Wildman–Crippen MR) is 90.6 cm³/mol. The van der Waals surface area contributed by atoms with Crippen molar-refractivity contribution < 1.29 is 4.79 Å². The molecule has 21 heavy (non-hydrogen) atoms. The Bertz CT molecular complexity index is 315. The fourth-order valence-corrected chi connectivity index (χ4v) is 1.86. The SMILES string of the molecule is C=CCCCCCN(C)C(=NCC(=O)NCCC)NCC. The van der Waals surface area contributed by atoms with Crippen molar-refractivity contribution in [1.29, 1.82) is 0 Å². The summed E-state index contributed by atoms with van der Waals surface area (Å²) in [5, 5.41) is 6.06. The van der Waals surface area contributed by atoms with Crippen LogP contribution in [0.15, 0.2) is 17.6 Å².